The molecule has 1 aliphatic rings. The lowest BCUT2D eigenvalue weighted by Crippen LogP contribution is -2.45. The summed E-state index contributed by atoms with van der Waals surface area (Å²) in [5.41, 5.74) is 0.911. The van der Waals surface area contributed by atoms with E-state index < -0.39 is 17.3 Å². The molecular formula is C18H19Cl3F3N3O3. The van der Waals surface area contributed by atoms with E-state index in [0.717, 1.165) is 0 Å². The third-order valence-corrected chi connectivity index (χ3v) is 4.66. The molecule has 0 radical (unpaired) electrons. The number of alkyl halides is 3. The van der Waals surface area contributed by atoms with E-state index in [4.69, 9.17) is 11.6 Å². The van der Waals surface area contributed by atoms with Gasteiger partial charge in [-0.25, -0.2) is 0 Å². The molecule has 0 amide bonds. The summed E-state index contributed by atoms with van der Waals surface area (Å²) < 4.78 is 41.2. The molecule has 1 aliphatic heterocycles. The van der Waals surface area contributed by atoms with Gasteiger partial charge in [-0.3, -0.25) is 15.0 Å². The molecular weight excluding hydrogens is 470 g/mol. The van der Waals surface area contributed by atoms with Gasteiger partial charge in [0.25, 0.3) is 5.69 Å². The van der Waals surface area contributed by atoms with Crippen LogP contribution in [0.2, 0.25) is 5.02 Å². The van der Waals surface area contributed by atoms with Gasteiger partial charge in [0.15, 0.2) is 0 Å². The van der Waals surface area contributed by atoms with E-state index in [2.05, 4.69) is 10.1 Å². The number of nitrogens with one attached hydrogen (secondary N) is 1. The van der Waals surface area contributed by atoms with E-state index in [-0.39, 0.29) is 36.3 Å². The third-order valence-electron chi connectivity index (χ3n) is 4.43. The van der Waals surface area contributed by atoms with Gasteiger partial charge in [-0.1, -0.05) is 23.7 Å². The summed E-state index contributed by atoms with van der Waals surface area (Å²) in [6.45, 7) is 2.63. The van der Waals surface area contributed by atoms with E-state index >= 15 is 0 Å². The minimum Gasteiger partial charge on any atom is -0.406 e. The highest BCUT2D eigenvalue weighted by atomic mass is 35.5. The lowest BCUT2D eigenvalue weighted by Gasteiger charge is -2.35. The molecule has 30 heavy (non-hydrogen) atoms. The Kier molecular flexibility index (Phi) is 9.64. The van der Waals surface area contributed by atoms with Crippen LogP contribution in [0.25, 0.3) is 0 Å². The van der Waals surface area contributed by atoms with Crippen LogP contribution in [-0.2, 0) is 0 Å². The van der Waals surface area contributed by atoms with Crippen LogP contribution in [0.4, 0.5) is 18.9 Å². The fourth-order valence-electron chi connectivity index (χ4n) is 3.29. The summed E-state index contributed by atoms with van der Waals surface area (Å²) in [7, 11) is 0. The van der Waals surface area contributed by atoms with Gasteiger partial charge in [0.05, 0.1) is 16.5 Å². The van der Waals surface area contributed by atoms with Gasteiger partial charge in [0.2, 0.25) is 0 Å². The molecule has 2 aromatic carbocycles. The Labute approximate surface area is 188 Å². The zero-order valence-corrected chi connectivity index (χ0v) is 17.8. The van der Waals surface area contributed by atoms with Crippen molar-refractivity contribution in [2.75, 3.05) is 26.2 Å². The average molecular weight is 489 g/mol. The van der Waals surface area contributed by atoms with E-state index in [1.54, 1.807) is 0 Å². The second-order valence-corrected chi connectivity index (χ2v) is 6.70. The molecule has 2 aromatic rings. The van der Waals surface area contributed by atoms with Crippen molar-refractivity contribution < 1.29 is 22.8 Å². The topological polar surface area (TPSA) is 67.6 Å². The first-order valence-electron chi connectivity index (χ1n) is 8.49. The Bertz CT molecular complexity index is 848. The molecule has 12 heteroatoms. The minimum atomic E-state index is -4.79. The van der Waals surface area contributed by atoms with Crippen molar-refractivity contribution in [3.8, 4) is 5.75 Å². The van der Waals surface area contributed by atoms with Gasteiger partial charge in [-0.05, 0) is 29.8 Å². The summed E-state index contributed by atoms with van der Waals surface area (Å²) in [5, 5.41) is 15.1. The van der Waals surface area contributed by atoms with E-state index in [9.17, 15) is 23.3 Å². The maximum atomic E-state index is 12.4. The molecule has 0 spiro atoms. The number of rotatable bonds is 5. The zero-order chi connectivity index (χ0) is 20.3. The number of nitro groups is 1. The first kappa shape index (κ1) is 26.3. The van der Waals surface area contributed by atoms with E-state index in [1.807, 2.05) is 4.90 Å². The molecule has 0 unspecified atom stereocenters. The standard InChI is InChI=1S/C18H17ClF3N3O3.2ClH/c19-13-3-6-16(25(26)27)15(11-13)17(24-9-7-23-8-10-24)12-1-4-14(5-2-12)28-18(20,21)22;;/h1-6,11,17,23H,7-10H2;2*1H/t17-;;/m1../s1. The molecule has 1 saturated heterocycles. The lowest BCUT2D eigenvalue weighted by molar-refractivity contribution is -0.385. The van der Waals surface area contributed by atoms with E-state index in [1.165, 1.54) is 42.5 Å². The number of piperazine rings is 1. The van der Waals surface area contributed by atoms with Gasteiger partial charge in [0.1, 0.15) is 5.75 Å². The first-order valence-corrected chi connectivity index (χ1v) is 8.87. The SMILES string of the molecule is Cl.Cl.O=[N+]([O-])c1ccc(Cl)cc1[C@@H](c1ccc(OC(F)(F)F)cc1)N1CCNCC1. The maximum absolute atomic E-state index is 12.4. The van der Waals surface area contributed by atoms with Crippen LogP contribution in [0.5, 0.6) is 5.75 Å². The van der Waals surface area contributed by atoms with Crippen molar-refractivity contribution in [3.05, 3.63) is 68.7 Å². The second kappa shape index (κ2) is 11.0. The first-order chi connectivity index (χ1) is 13.2. The Balaban J connectivity index is 0.00000225. The Hall–Kier alpha value is -1.78. The lowest BCUT2D eigenvalue weighted by atomic mass is 9.95. The molecule has 0 aliphatic carbocycles. The molecule has 0 bridgehead atoms. The van der Waals surface area contributed by atoms with Crippen LogP contribution in [-0.4, -0.2) is 42.4 Å². The molecule has 6 nitrogen and oxygen atoms in total. The van der Waals surface area contributed by atoms with Crippen LogP contribution in [0.15, 0.2) is 42.5 Å². The number of nitrogens with zero attached hydrogens (tertiary/aromatic N) is 2. The molecule has 166 valence electrons. The number of halogens is 6. The van der Waals surface area contributed by atoms with Gasteiger partial charge < -0.3 is 10.1 Å². The molecule has 1 fully saturated rings. The van der Waals surface area contributed by atoms with Crippen molar-refractivity contribution in [1.82, 2.24) is 10.2 Å². The second-order valence-electron chi connectivity index (χ2n) is 6.27. The van der Waals surface area contributed by atoms with Crippen molar-refractivity contribution in [1.29, 1.82) is 0 Å². The fraction of sp³-hybridized carbons (Fsp3) is 0.333. The molecule has 0 saturated carbocycles. The Morgan fingerprint density at radius 2 is 1.70 bits per heavy atom. The third kappa shape index (κ3) is 6.61. The molecule has 0 aromatic heterocycles. The summed E-state index contributed by atoms with van der Waals surface area (Å²) in [6, 6.07) is 9.17. The maximum Gasteiger partial charge on any atom is 0.573 e. The molecule has 3 rings (SSSR count). The van der Waals surface area contributed by atoms with E-state index in [0.29, 0.717) is 42.3 Å². The van der Waals surface area contributed by atoms with Crippen molar-refractivity contribution >= 4 is 42.1 Å². The highest BCUT2D eigenvalue weighted by Gasteiger charge is 2.32. The molecule has 1 atom stereocenters. The average Bonchev–Trinajstić information content (AvgIpc) is 2.63. The van der Waals surface area contributed by atoms with Gasteiger partial charge in [-0.15, -0.1) is 38.0 Å². The largest absolute Gasteiger partial charge is 0.573 e. The number of hydrogen-bond donors (Lipinski definition) is 1. The van der Waals surface area contributed by atoms with Crippen LogP contribution >= 0.6 is 36.4 Å². The number of benzene rings is 2. The van der Waals surface area contributed by atoms with Gasteiger partial charge in [0, 0.05) is 37.3 Å². The van der Waals surface area contributed by atoms with Crippen LogP contribution in [0, 0.1) is 10.1 Å². The minimum absolute atomic E-state index is 0. The summed E-state index contributed by atoms with van der Waals surface area (Å²) in [6.07, 6.45) is -4.79. The highest BCUT2D eigenvalue weighted by molar-refractivity contribution is 6.30. The Morgan fingerprint density at radius 1 is 1.10 bits per heavy atom. The van der Waals surface area contributed by atoms with Crippen molar-refractivity contribution in [3.63, 3.8) is 0 Å². The summed E-state index contributed by atoms with van der Waals surface area (Å²) in [4.78, 5) is 13.1. The van der Waals surface area contributed by atoms with Crippen molar-refractivity contribution in [2.45, 2.75) is 12.4 Å². The smallest absolute Gasteiger partial charge is 0.406 e. The Morgan fingerprint density at radius 3 is 2.23 bits per heavy atom. The van der Waals surface area contributed by atoms with Crippen LogP contribution < -0.4 is 10.1 Å². The highest BCUT2D eigenvalue weighted by Crippen LogP contribution is 2.37. The van der Waals surface area contributed by atoms with Crippen molar-refractivity contribution in [2.24, 2.45) is 0 Å². The van der Waals surface area contributed by atoms with Gasteiger partial charge >= 0.3 is 6.36 Å². The molecule has 1 heterocycles. The van der Waals surface area contributed by atoms with Gasteiger partial charge in [-0.2, -0.15) is 0 Å². The fourth-order valence-corrected chi connectivity index (χ4v) is 3.47. The monoisotopic (exact) mass is 487 g/mol. The number of nitro benzene ring substituents is 1. The molecule has 1 N–H and O–H groups in total. The predicted octanol–water partition coefficient (Wildman–Crippen LogP) is 4.99. The summed E-state index contributed by atoms with van der Waals surface area (Å²) >= 11 is 6.09. The zero-order valence-electron chi connectivity index (χ0n) is 15.4. The normalized spacial score (nSPS) is 15.5. The quantitative estimate of drug-likeness (QED) is 0.475. The predicted molar refractivity (Wildman–Crippen MR) is 112 cm³/mol. The van der Waals surface area contributed by atoms with Crippen LogP contribution in [0.3, 0.4) is 0 Å². The van der Waals surface area contributed by atoms with Crippen LogP contribution in [0.1, 0.15) is 17.2 Å². The number of ether oxygens (including phenoxy) is 1. The summed E-state index contributed by atoms with van der Waals surface area (Å²) in [5.74, 6) is -0.351. The number of hydrogen-bond acceptors (Lipinski definition) is 5.